The Bertz CT molecular complexity index is 1030. The van der Waals surface area contributed by atoms with E-state index >= 15 is 0 Å². The number of benzene rings is 2. The lowest BCUT2D eigenvalue weighted by atomic mass is 10.1. The normalized spacial score (nSPS) is 11.3. The van der Waals surface area contributed by atoms with E-state index in [1.165, 1.54) is 12.4 Å². The van der Waals surface area contributed by atoms with Gasteiger partial charge >= 0.3 is 0 Å². The van der Waals surface area contributed by atoms with Gasteiger partial charge in [-0.2, -0.15) is 5.10 Å². The molecule has 134 valence electrons. The van der Waals surface area contributed by atoms with Crippen molar-refractivity contribution < 1.29 is 9.21 Å². The monoisotopic (exact) mass is 358 g/mol. The first-order valence-corrected chi connectivity index (χ1v) is 8.61. The number of fused-ring (bicyclic) bond motifs is 1. The number of nitrogens with zero attached hydrogens (tertiary/aromatic N) is 3. The second kappa shape index (κ2) is 7.70. The van der Waals surface area contributed by atoms with Crippen LogP contribution in [-0.4, -0.2) is 20.7 Å². The molecule has 1 amide bonds. The van der Waals surface area contributed by atoms with Crippen LogP contribution in [0.3, 0.4) is 0 Å². The SMILES string of the molecule is O=C(/C=C/c1cc2ccccc2o1)NCc1ccc(Cn2cncn2)cc1. The third-order valence-corrected chi connectivity index (χ3v) is 4.14. The number of amides is 1. The van der Waals surface area contributed by atoms with Crippen molar-refractivity contribution in [3.8, 4) is 0 Å². The number of nitrogens with one attached hydrogen (secondary N) is 1. The summed E-state index contributed by atoms with van der Waals surface area (Å²) in [5, 5.41) is 7.98. The van der Waals surface area contributed by atoms with Crippen LogP contribution >= 0.6 is 0 Å². The van der Waals surface area contributed by atoms with Crippen LogP contribution in [0, 0.1) is 0 Å². The van der Waals surface area contributed by atoms with E-state index in [0.717, 1.165) is 22.1 Å². The zero-order valence-electron chi connectivity index (χ0n) is 14.6. The zero-order valence-corrected chi connectivity index (χ0v) is 14.6. The summed E-state index contributed by atoms with van der Waals surface area (Å²) in [6.45, 7) is 1.14. The first kappa shape index (κ1) is 16.8. The maximum Gasteiger partial charge on any atom is 0.244 e. The second-order valence-corrected chi connectivity index (χ2v) is 6.15. The van der Waals surface area contributed by atoms with Crippen LogP contribution < -0.4 is 5.32 Å². The van der Waals surface area contributed by atoms with Gasteiger partial charge in [0.25, 0.3) is 0 Å². The number of furan rings is 1. The number of para-hydroxylation sites is 1. The average Bonchev–Trinajstić information content (AvgIpc) is 3.35. The van der Waals surface area contributed by atoms with Gasteiger partial charge in [-0.15, -0.1) is 0 Å². The van der Waals surface area contributed by atoms with Gasteiger partial charge in [0.1, 0.15) is 24.0 Å². The first-order valence-electron chi connectivity index (χ1n) is 8.61. The van der Waals surface area contributed by atoms with Gasteiger partial charge in [-0.05, 0) is 29.3 Å². The first-order chi connectivity index (χ1) is 13.3. The third kappa shape index (κ3) is 4.30. The van der Waals surface area contributed by atoms with Crippen LogP contribution in [0.1, 0.15) is 16.9 Å². The molecular formula is C21H18N4O2. The van der Waals surface area contributed by atoms with E-state index in [2.05, 4.69) is 15.4 Å². The summed E-state index contributed by atoms with van der Waals surface area (Å²) in [4.78, 5) is 16.0. The van der Waals surface area contributed by atoms with E-state index < -0.39 is 0 Å². The molecule has 27 heavy (non-hydrogen) atoms. The van der Waals surface area contributed by atoms with Crippen molar-refractivity contribution in [1.82, 2.24) is 20.1 Å². The van der Waals surface area contributed by atoms with E-state index in [1.807, 2.05) is 54.6 Å². The van der Waals surface area contributed by atoms with Crippen LogP contribution in [0.5, 0.6) is 0 Å². The lowest BCUT2D eigenvalue weighted by Crippen LogP contribution is -2.20. The minimum atomic E-state index is -0.165. The highest BCUT2D eigenvalue weighted by Gasteiger charge is 2.02. The van der Waals surface area contributed by atoms with Crippen molar-refractivity contribution in [2.24, 2.45) is 0 Å². The summed E-state index contributed by atoms with van der Waals surface area (Å²) in [6.07, 6.45) is 6.36. The smallest absolute Gasteiger partial charge is 0.244 e. The number of carbonyl (C=O) groups excluding carboxylic acids is 1. The summed E-state index contributed by atoms with van der Waals surface area (Å²) in [5.74, 6) is 0.492. The molecule has 0 unspecified atom stereocenters. The zero-order chi connectivity index (χ0) is 18.5. The molecule has 2 aromatic carbocycles. The molecule has 0 fully saturated rings. The Morgan fingerprint density at radius 3 is 2.70 bits per heavy atom. The molecule has 4 rings (SSSR count). The molecule has 4 aromatic rings. The molecule has 0 aliphatic rings. The fraction of sp³-hybridized carbons (Fsp3) is 0.0952. The minimum absolute atomic E-state index is 0.165. The highest BCUT2D eigenvalue weighted by Crippen LogP contribution is 2.19. The van der Waals surface area contributed by atoms with Crippen molar-refractivity contribution in [3.05, 3.63) is 90.2 Å². The van der Waals surface area contributed by atoms with Crippen molar-refractivity contribution in [3.63, 3.8) is 0 Å². The average molecular weight is 358 g/mol. The van der Waals surface area contributed by atoms with Gasteiger partial charge in [-0.3, -0.25) is 4.79 Å². The molecule has 6 heteroatoms. The Balaban J connectivity index is 1.30. The lowest BCUT2D eigenvalue weighted by molar-refractivity contribution is -0.116. The number of hydrogen-bond acceptors (Lipinski definition) is 4. The van der Waals surface area contributed by atoms with Gasteiger partial charge in [-0.25, -0.2) is 9.67 Å². The summed E-state index contributed by atoms with van der Waals surface area (Å²) < 4.78 is 7.42. The summed E-state index contributed by atoms with van der Waals surface area (Å²) in [6, 6.07) is 17.7. The van der Waals surface area contributed by atoms with Crippen LogP contribution in [0.2, 0.25) is 0 Å². The molecule has 6 nitrogen and oxygen atoms in total. The van der Waals surface area contributed by atoms with Gasteiger partial charge in [0.15, 0.2) is 0 Å². The molecule has 0 saturated carbocycles. The Labute approximate surface area is 156 Å². The Kier molecular flexibility index (Phi) is 4.78. The topological polar surface area (TPSA) is 73.0 Å². The summed E-state index contributed by atoms with van der Waals surface area (Å²) >= 11 is 0. The molecule has 0 spiro atoms. The Morgan fingerprint density at radius 2 is 1.93 bits per heavy atom. The largest absolute Gasteiger partial charge is 0.457 e. The van der Waals surface area contributed by atoms with Crippen molar-refractivity contribution in [2.45, 2.75) is 13.1 Å². The molecule has 2 heterocycles. The standard InChI is InChI=1S/C21H18N4O2/c26-21(10-9-19-11-18-3-1-2-4-20(18)27-19)23-12-16-5-7-17(8-6-16)13-25-15-22-14-24-25/h1-11,14-15H,12-13H2,(H,23,26)/b10-9+. The maximum absolute atomic E-state index is 12.0. The van der Waals surface area contributed by atoms with Gasteiger partial charge in [-0.1, -0.05) is 42.5 Å². The fourth-order valence-electron chi connectivity index (χ4n) is 2.75. The molecule has 0 aliphatic carbocycles. The van der Waals surface area contributed by atoms with Crippen molar-refractivity contribution in [2.75, 3.05) is 0 Å². The summed E-state index contributed by atoms with van der Waals surface area (Å²) in [5.41, 5.74) is 2.96. The highest BCUT2D eigenvalue weighted by atomic mass is 16.3. The summed E-state index contributed by atoms with van der Waals surface area (Å²) in [7, 11) is 0. The van der Waals surface area contributed by atoms with Crippen molar-refractivity contribution in [1.29, 1.82) is 0 Å². The Hall–Kier alpha value is -3.67. The molecular weight excluding hydrogens is 340 g/mol. The molecule has 0 bridgehead atoms. The van der Waals surface area contributed by atoms with E-state index in [-0.39, 0.29) is 5.91 Å². The number of rotatable bonds is 6. The third-order valence-electron chi connectivity index (χ3n) is 4.14. The molecule has 0 aliphatic heterocycles. The highest BCUT2D eigenvalue weighted by molar-refractivity contribution is 5.92. The predicted molar refractivity (Wildman–Crippen MR) is 103 cm³/mol. The van der Waals surface area contributed by atoms with E-state index in [9.17, 15) is 4.79 Å². The second-order valence-electron chi connectivity index (χ2n) is 6.15. The molecule has 0 atom stereocenters. The molecule has 0 radical (unpaired) electrons. The molecule has 0 saturated heterocycles. The van der Waals surface area contributed by atoms with Gasteiger partial charge < -0.3 is 9.73 Å². The van der Waals surface area contributed by atoms with Crippen molar-refractivity contribution >= 4 is 23.0 Å². The Morgan fingerprint density at radius 1 is 1.11 bits per heavy atom. The molecule has 2 aromatic heterocycles. The van der Waals surface area contributed by atoms with Gasteiger partial charge in [0.2, 0.25) is 5.91 Å². The van der Waals surface area contributed by atoms with Gasteiger partial charge in [0, 0.05) is 18.0 Å². The number of hydrogen-bond donors (Lipinski definition) is 1. The quantitative estimate of drug-likeness (QED) is 0.536. The van der Waals surface area contributed by atoms with Crippen LogP contribution in [-0.2, 0) is 17.9 Å². The predicted octanol–water partition coefficient (Wildman–Crippen LogP) is 3.40. The van der Waals surface area contributed by atoms with Crippen LogP contribution in [0.15, 0.2) is 77.7 Å². The molecule has 1 N–H and O–H groups in total. The maximum atomic E-state index is 12.0. The van der Waals surface area contributed by atoms with Crippen LogP contribution in [0.25, 0.3) is 17.0 Å². The van der Waals surface area contributed by atoms with E-state index in [4.69, 9.17) is 4.42 Å². The lowest BCUT2D eigenvalue weighted by Gasteiger charge is -2.05. The minimum Gasteiger partial charge on any atom is -0.457 e. The van der Waals surface area contributed by atoms with E-state index in [1.54, 1.807) is 17.1 Å². The van der Waals surface area contributed by atoms with Crippen LogP contribution in [0.4, 0.5) is 0 Å². The van der Waals surface area contributed by atoms with Gasteiger partial charge in [0.05, 0.1) is 6.54 Å². The number of aromatic nitrogens is 3. The fourth-order valence-corrected chi connectivity index (χ4v) is 2.75. The van der Waals surface area contributed by atoms with E-state index in [0.29, 0.717) is 18.8 Å². The number of carbonyl (C=O) groups is 1.